The van der Waals surface area contributed by atoms with Crippen LogP contribution < -0.4 is 0 Å². The highest BCUT2D eigenvalue weighted by Gasteiger charge is 2.14. The number of nitrogens with zero attached hydrogens (tertiary/aromatic N) is 3. The van der Waals surface area contributed by atoms with Gasteiger partial charge in [-0.1, -0.05) is 6.92 Å². The summed E-state index contributed by atoms with van der Waals surface area (Å²) < 4.78 is 0. The van der Waals surface area contributed by atoms with Gasteiger partial charge in [0.15, 0.2) is 0 Å². The van der Waals surface area contributed by atoms with Crippen LogP contribution in [-0.4, -0.2) is 48.0 Å². The van der Waals surface area contributed by atoms with E-state index in [1.807, 2.05) is 0 Å². The summed E-state index contributed by atoms with van der Waals surface area (Å²) in [4.78, 5) is 9.48. The first-order valence-electron chi connectivity index (χ1n) is 5.62. The number of aryl methyl sites for hydroxylation is 1. The molecular weight excluding hydrogens is 206 g/mol. The SMILES string of the molecule is CCc1nc(CN2CCN(C)CC2)cs1. The van der Waals surface area contributed by atoms with Gasteiger partial charge < -0.3 is 4.90 Å². The maximum Gasteiger partial charge on any atom is 0.0926 e. The fourth-order valence-corrected chi connectivity index (χ4v) is 2.55. The summed E-state index contributed by atoms with van der Waals surface area (Å²) in [6, 6.07) is 0. The maximum atomic E-state index is 4.61. The lowest BCUT2D eigenvalue weighted by Gasteiger charge is -2.31. The van der Waals surface area contributed by atoms with Crippen LogP contribution in [0.25, 0.3) is 0 Å². The molecule has 0 saturated carbocycles. The summed E-state index contributed by atoms with van der Waals surface area (Å²) >= 11 is 1.79. The molecule has 1 aliphatic heterocycles. The third kappa shape index (κ3) is 3.00. The highest BCUT2D eigenvalue weighted by Crippen LogP contribution is 2.13. The average molecular weight is 225 g/mol. The molecule has 1 aromatic heterocycles. The quantitative estimate of drug-likeness (QED) is 0.776. The Morgan fingerprint density at radius 3 is 2.67 bits per heavy atom. The average Bonchev–Trinajstić information content (AvgIpc) is 2.69. The lowest BCUT2D eigenvalue weighted by molar-refractivity contribution is 0.147. The number of piperazine rings is 1. The summed E-state index contributed by atoms with van der Waals surface area (Å²) in [7, 11) is 2.19. The summed E-state index contributed by atoms with van der Waals surface area (Å²) in [6.45, 7) is 7.92. The summed E-state index contributed by atoms with van der Waals surface area (Å²) in [5, 5.41) is 3.47. The molecule has 1 saturated heterocycles. The summed E-state index contributed by atoms with van der Waals surface area (Å²) in [6.07, 6.45) is 1.06. The van der Waals surface area contributed by atoms with E-state index >= 15 is 0 Å². The Hall–Kier alpha value is -0.450. The van der Waals surface area contributed by atoms with Crippen LogP contribution in [0.15, 0.2) is 5.38 Å². The Bertz CT molecular complexity index is 303. The van der Waals surface area contributed by atoms with E-state index in [0.29, 0.717) is 0 Å². The van der Waals surface area contributed by atoms with E-state index in [0.717, 1.165) is 13.0 Å². The molecule has 0 aromatic carbocycles. The molecule has 0 aliphatic carbocycles. The highest BCUT2D eigenvalue weighted by molar-refractivity contribution is 7.09. The first-order valence-corrected chi connectivity index (χ1v) is 6.50. The first kappa shape index (κ1) is 11.0. The van der Waals surface area contributed by atoms with Crippen LogP contribution in [0.1, 0.15) is 17.6 Å². The normalized spacial score (nSPS) is 19.6. The fourth-order valence-electron chi connectivity index (χ4n) is 1.82. The Morgan fingerprint density at radius 2 is 2.07 bits per heavy atom. The Balaban J connectivity index is 1.86. The molecule has 0 bridgehead atoms. The molecule has 0 unspecified atom stereocenters. The van der Waals surface area contributed by atoms with Gasteiger partial charge in [-0.15, -0.1) is 11.3 Å². The van der Waals surface area contributed by atoms with Crippen LogP contribution in [0.2, 0.25) is 0 Å². The van der Waals surface area contributed by atoms with Crippen molar-refractivity contribution in [1.29, 1.82) is 0 Å². The molecule has 1 aliphatic rings. The van der Waals surface area contributed by atoms with Gasteiger partial charge in [-0.2, -0.15) is 0 Å². The van der Waals surface area contributed by atoms with E-state index in [-0.39, 0.29) is 0 Å². The van der Waals surface area contributed by atoms with Crippen LogP contribution in [0.4, 0.5) is 0 Å². The zero-order chi connectivity index (χ0) is 10.7. The number of likely N-dealkylation sites (N-methyl/N-ethyl adjacent to an activating group) is 1. The van der Waals surface area contributed by atoms with Crippen molar-refractivity contribution in [2.24, 2.45) is 0 Å². The van der Waals surface area contributed by atoms with Crippen LogP contribution >= 0.6 is 11.3 Å². The second-order valence-corrected chi connectivity index (χ2v) is 5.11. The minimum atomic E-state index is 1.03. The number of aromatic nitrogens is 1. The third-order valence-corrected chi connectivity index (χ3v) is 3.93. The van der Waals surface area contributed by atoms with Crippen LogP contribution in [0, 0.1) is 0 Å². The van der Waals surface area contributed by atoms with Crippen molar-refractivity contribution in [2.75, 3.05) is 33.2 Å². The Labute approximate surface area is 95.7 Å². The Kier molecular flexibility index (Phi) is 3.72. The van der Waals surface area contributed by atoms with Gasteiger partial charge >= 0.3 is 0 Å². The van der Waals surface area contributed by atoms with Crippen molar-refractivity contribution < 1.29 is 0 Å². The summed E-state index contributed by atoms with van der Waals surface area (Å²) in [5.74, 6) is 0. The molecule has 4 heteroatoms. The van der Waals surface area contributed by atoms with Gasteiger partial charge in [-0.05, 0) is 13.5 Å². The molecule has 1 aromatic rings. The summed E-state index contributed by atoms with van der Waals surface area (Å²) in [5.41, 5.74) is 1.25. The lowest BCUT2D eigenvalue weighted by atomic mass is 10.3. The predicted molar refractivity (Wildman–Crippen MR) is 64.3 cm³/mol. The zero-order valence-corrected chi connectivity index (χ0v) is 10.4. The second kappa shape index (κ2) is 5.05. The van der Waals surface area contributed by atoms with Gasteiger partial charge in [0, 0.05) is 38.1 Å². The fraction of sp³-hybridized carbons (Fsp3) is 0.727. The number of hydrogen-bond acceptors (Lipinski definition) is 4. The number of thiazole rings is 1. The first-order chi connectivity index (χ1) is 7.28. The van der Waals surface area contributed by atoms with Crippen molar-refractivity contribution in [3.05, 3.63) is 16.1 Å². The smallest absolute Gasteiger partial charge is 0.0926 e. The third-order valence-electron chi connectivity index (χ3n) is 2.88. The molecular formula is C11H19N3S. The van der Waals surface area contributed by atoms with E-state index < -0.39 is 0 Å². The van der Waals surface area contributed by atoms with E-state index in [9.17, 15) is 0 Å². The van der Waals surface area contributed by atoms with Crippen molar-refractivity contribution in [3.8, 4) is 0 Å². The molecule has 1 fully saturated rings. The predicted octanol–water partition coefficient (Wildman–Crippen LogP) is 1.45. The van der Waals surface area contributed by atoms with Crippen molar-refractivity contribution in [1.82, 2.24) is 14.8 Å². The Morgan fingerprint density at radius 1 is 1.33 bits per heavy atom. The standard InChI is InChI=1S/C11H19N3S/c1-3-11-12-10(9-15-11)8-14-6-4-13(2)5-7-14/h9H,3-8H2,1-2H3. The van der Waals surface area contributed by atoms with Gasteiger partial charge in [0.05, 0.1) is 10.7 Å². The topological polar surface area (TPSA) is 19.4 Å². The van der Waals surface area contributed by atoms with Crippen LogP contribution in [0.3, 0.4) is 0 Å². The van der Waals surface area contributed by atoms with Crippen molar-refractivity contribution in [2.45, 2.75) is 19.9 Å². The molecule has 0 atom stereocenters. The van der Waals surface area contributed by atoms with Gasteiger partial charge in [-0.25, -0.2) is 4.98 Å². The molecule has 0 amide bonds. The minimum Gasteiger partial charge on any atom is -0.304 e. The molecule has 0 spiro atoms. The largest absolute Gasteiger partial charge is 0.304 e. The molecule has 0 N–H and O–H groups in total. The minimum absolute atomic E-state index is 1.03. The highest BCUT2D eigenvalue weighted by atomic mass is 32.1. The van der Waals surface area contributed by atoms with Gasteiger partial charge in [-0.3, -0.25) is 4.90 Å². The van der Waals surface area contributed by atoms with Gasteiger partial charge in [0.2, 0.25) is 0 Å². The molecule has 2 heterocycles. The van der Waals surface area contributed by atoms with E-state index in [1.54, 1.807) is 11.3 Å². The molecule has 3 nitrogen and oxygen atoms in total. The maximum absolute atomic E-state index is 4.61. The number of hydrogen-bond donors (Lipinski definition) is 0. The van der Waals surface area contributed by atoms with Crippen molar-refractivity contribution >= 4 is 11.3 Å². The molecule has 2 rings (SSSR count). The van der Waals surface area contributed by atoms with Gasteiger partial charge in [0.1, 0.15) is 0 Å². The van der Waals surface area contributed by atoms with Crippen molar-refractivity contribution in [3.63, 3.8) is 0 Å². The molecule has 15 heavy (non-hydrogen) atoms. The van der Waals surface area contributed by atoms with Gasteiger partial charge in [0.25, 0.3) is 0 Å². The molecule has 84 valence electrons. The van der Waals surface area contributed by atoms with Crippen LogP contribution in [0.5, 0.6) is 0 Å². The van der Waals surface area contributed by atoms with E-state index in [2.05, 4.69) is 34.1 Å². The number of rotatable bonds is 3. The zero-order valence-electron chi connectivity index (χ0n) is 9.57. The second-order valence-electron chi connectivity index (χ2n) is 4.17. The van der Waals surface area contributed by atoms with Crippen LogP contribution in [-0.2, 0) is 13.0 Å². The van der Waals surface area contributed by atoms with E-state index in [1.165, 1.54) is 36.9 Å². The molecule has 0 radical (unpaired) electrons. The lowest BCUT2D eigenvalue weighted by Crippen LogP contribution is -2.43. The van der Waals surface area contributed by atoms with E-state index in [4.69, 9.17) is 0 Å². The monoisotopic (exact) mass is 225 g/mol.